The average molecular weight is 872 g/mol. The fourth-order valence-corrected chi connectivity index (χ4v) is 5.38. The quantitative estimate of drug-likeness (QED) is 0.0194. The summed E-state index contributed by atoms with van der Waals surface area (Å²) in [4.78, 5) is 97.2. The highest BCUT2D eigenvalue weighted by molar-refractivity contribution is 6.12. The number of nitrogens with one attached hydrogen (secondary N) is 4. The summed E-state index contributed by atoms with van der Waals surface area (Å²) in [5, 5.41) is 21.4. The van der Waals surface area contributed by atoms with Crippen molar-refractivity contribution in [1.29, 1.82) is 0 Å². The third kappa shape index (κ3) is 19.3. The number of nitro groups is 1. The van der Waals surface area contributed by atoms with Crippen LogP contribution in [0.15, 0.2) is 60.7 Å². The number of carbonyl (C=O) groups is 7. The average Bonchev–Trinajstić information content (AvgIpc) is 3.56. The predicted molar refractivity (Wildman–Crippen MR) is 218 cm³/mol. The van der Waals surface area contributed by atoms with Gasteiger partial charge < -0.3 is 55.4 Å². The van der Waals surface area contributed by atoms with Crippen molar-refractivity contribution in [3.8, 4) is 5.75 Å². The zero-order chi connectivity index (χ0) is 45.3. The van der Waals surface area contributed by atoms with Crippen LogP contribution in [0.4, 0.5) is 21.0 Å². The molecule has 0 unspecified atom stereocenters. The summed E-state index contributed by atoms with van der Waals surface area (Å²) in [6, 6.07) is 8.36. The highest BCUT2D eigenvalue weighted by atomic mass is 16.7. The second-order valence-corrected chi connectivity index (χ2v) is 13.7. The van der Waals surface area contributed by atoms with Crippen molar-refractivity contribution in [3.63, 3.8) is 0 Å². The molecule has 0 bridgehead atoms. The number of hydrogen-bond donors (Lipinski definition) is 5. The fourth-order valence-electron chi connectivity index (χ4n) is 5.38. The minimum Gasteiger partial charge on any atom is -0.429 e. The highest BCUT2D eigenvalue weighted by Crippen LogP contribution is 2.18. The molecule has 2 aromatic carbocycles. The van der Waals surface area contributed by atoms with Crippen LogP contribution in [0, 0.1) is 16.0 Å². The monoisotopic (exact) mass is 871 g/mol. The van der Waals surface area contributed by atoms with Crippen molar-refractivity contribution in [2.24, 2.45) is 11.7 Å². The Bertz CT molecular complexity index is 1820. The molecule has 0 aromatic heterocycles. The maximum atomic E-state index is 13.5. The molecular formula is C40H53N7O15. The minimum atomic E-state index is -1.07. The Morgan fingerprint density at radius 1 is 0.774 bits per heavy atom. The van der Waals surface area contributed by atoms with Crippen molar-refractivity contribution in [2.75, 3.05) is 71.3 Å². The lowest BCUT2D eigenvalue weighted by Crippen LogP contribution is -2.54. The molecule has 22 nitrogen and oxygen atoms in total. The van der Waals surface area contributed by atoms with Crippen LogP contribution in [-0.2, 0) is 54.3 Å². The van der Waals surface area contributed by atoms with Crippen LogP contribution >= 0.6 is 0 Å². The number of imide groups is 1. The second-order valence-electron chi connectivity index (χ2n) is 13.7. The lowest BCUT2D eigenvalue weighted by Gasteiger charge is -2.25. The number of nitro benzene ring substituents is 1. The van der Waals surface area contributed by atoms with Crippen LogP contribution in [0.2, 0.25) is 0 Å². The van der Waals surface area contributed by atoms with Crippen molar-refractivity contribution < 1.29 is 66.9 Å². The van der Waals surface area contributed by atoms with Gasteiger partial charge in [-0.2, -0.15) is 0 Å². The number of rotatable bonds is 29. The van der Waals surface area contributed by atoms with Gasteiger partial charge in [-0.15, -0.1) is 0 Å². The van der Waals surface area contributed by atoms with Gasteiger partial charge in [-0.25, -0.2) is 9.59 Å². The Hall–Kier alpha value is -6.49. The predicted octanol–water partition coefficient (Wildman–Crippen LogP) is 1.70. The number of carbonyl (C=O) groups excluding carboxylic acids is 7. The summed E-state index contributed by atoms with van der Waals surface area (Å²) in [5.41, 5.74) is 5.89. The van der Waals surface area contributed by atoms with Gasteiger partial charge in [0.05, 0.1) is 64.3 Å². The van der Waals surface area contributed by atoms with Gasteiger partial charge in [-0.1, -0.05) is 26.0 Å². The van der Waals surface area contributed by atoms with Crippen LogP contribution in [0.1, 0.15) is 38.7 Å². The summed E-state index contributed by atoms with van der Waals surface area (Å²) in [5.74, 6) is -2.62. The molecule has 7 amide bonds. The molecule has 338 valence electrons. The topological polar surface area (TPSA) is 295 Å². The molecule has 1 aliphatic heterocycles. The number of anilines is 1. The van der Waals surface area contributed by atoms with E-state index in [4.69, 9.17) is 34.2 Å². The van der Waals surface area contributed by atoms with Gasteiger partial charge in [0.25, 0.3) is 17.5 Å². The van der Waals surface area contributed by atoms with E-state index < -0.39 is 46.9 Å². The number of nitrogens with zero attached hydrogens (tertiary/aromatic N) is 2. The van der Waals surface area contributed by atoms with Crippen molar-refractivity contribution >= 4 is 53.1 Å². The lowest BCUT2D eigenvalue weighted by atomic mass is 10.0. The first-order valence-corrected chi connectivity index (χ1v) is 19.7. The second kappa shape index (κ2) is 27.4. The normalized spacial score (nSPS) is 13.0. The molecule has 0 fully saturated rings. The zero-order valence-corrected chi connectivity index (χ0v) is 34.5. The summed E-state index contributed by atoms with van der Waals surface area (Å²) >= 11 is 0. The van der Waals surface area contributed by atoms with Gasteiger partial charge >= 0.3 is 12.2 Å². The number of ether oxygens (including phenoxy) is 6. The molecule has 0 radical (unpaired) electrons. The molecule has 6 N–H and O–H groups in total. The van der Waals surface area contributed by atoms with E-state index in [1.165, 1.54) is 36.4 Å². The third-order valence-electron chi connectivity index (χ3n) is 8.64. The smallest absolute Gasteiger partial charge is 0.429 e. The first kappa shape index (κ1) is 49.9. The van der Waals surface area contributed by atoms with E-state index in [-0.39, 0.29) is 101 Å². The zero-order valence-electron chi connectivity index (χ0n) is 34.5. The SMILES string of the molecule is CC(C)[C@H](NC(=O)CCOCCOCCOCCOCCN1C(=O)C=CC1=O)C(=O)N[C@@H](CCCNC(N)=O)C(=O)Nc1ccc(COC(=O)Oc2ccc([N+](=O)[O-])cc2)cc1. The van der Waals surface area contributed by atoms with Crippen LogP contribution in [0.3, 0.4) is 0 Å². The number of amides is 7. The molecule has 62 heavy (non-hydrogen) atoms. The number of benzene rings is 2. The number of hydrogen-bond acceptors (Lipinski definition) is 15. The molecule has 3 rings (SSSR count). The van der Waals surface area contributed by atoms with E-state index in [9.17, 15) is 43.7 Å². The molecular weight excluding hydrogens is 818 g/mol. The maximum Gasteiger partial charge on any atom is 0.514 e. The van der Waals surface area contributed by atoms with E-state index in [1.54, 1.807) is 38.1 Å². The van der Waals surface area contributed by atoms with Crippen molar-refractivity contribution in [2.45, 2.75) is 51.8 Å². The molecule has 22 heteroatoms. The molecule has 1 aliphatic rings. The van der Waals surface area contributed by atoms with Crippen molar-refractivity contribution in [1.82, 2.24) is 20.9 Å². The summed E-state index contributed by atoms with van der Waals surface area (Å²) in [6.45, 7) is 5.56. The Kier molecular flexibility index (Phi) is 22.0. The molecule has 2 aromatic rings. The first-order chi connectivity index (χ1) is 29.7. The van der Waals surface area contributed by atoms with Gasteiger partial charge in [0.1, 0.15) is 24.4 Å². The third-order valence-corrected chi connectivity index (χ3v) is 8.64. The lowest BCUT2D eigenvalue weighted by molar-refractivity contribution is -0.384. The van der Waals surface area contributed by atoms with Crippen LogP contribution < -0.4 is 31.7 Å². The van der Waals surface area contributed by atoms with E-state index in [2.05, 4.69) is 21.3 Å². The van der Waals surface area contributed by atoms with Gasteiger partial charge in [0, 0.05) is 42.9 Å². The largest absolute Gasteiger partial charge is 0.514 e. The summed E-state index contributed by atoms with van der Waals surface area (Å²) < 4.78 is 31.8. The van der Waals surface area contributed by atoms with Crippen LogP contribution in [-0.4, -0.2) is 130 Å². The number of nitrogens with two attached hydrogens (primary N) is 1. The summed E-state index contributed by atoms with van der Waals surface area (Å²) in [7, 11) is 0. The molecule has 1 heterocycles. The Labute approximate surface area is 357 Å². The van der Waals surface area contributed by atoms with Crippen LogP contribution in [0.25, 0.3) is 0 Å². The van der Waals surface area contributed by atoms with Crippen LogP contribution in [0.5, 0.6) is 5.75 Å². The maximum absolute atomic E-state index is 13.5. The molecule has 2 atom stereocenters. The van der Waals surface area contributed by atoms with E-state index >= 15 is 0 Å². The molecule has 0 aliphatic carbocycles. The number of primary amides is 1. The van der Waals surface area contributed by atoms with Gasteiger partial charge in [0.2, 0.25) is 17.7 Å². The van der Waals surface area contributed by atoms with E-state index in [0.29, 0.717) is 31.1 Å². The van der Waals surface area contributed by atoms with E-state index in [1.807, 2.05) is 0 Å². The molecule has 0 saturated heterocycles. The van der Waals surface area contributed by atoms with Crippen molar-refractivity contribution in [3.05, 3.63) is 76.4 Å². The number of urea groups is 1. The standard InChI is InChI=1S/C40H53N7O15/c1-27(2)36(45-33(48)15-18-57-20-22-59-24-25-60-23-21-58-19-17-46-34(49)13-14-35(46)50)38(52)44-32(4-3-16-42-39(41)53)37(51)43-29-7-5-28(6-8-29)26-61-40(54)62-31-11-9-30(10-12-31)47(55)56/h5-14,27,32,36H,3-4,15-26H2,1-2H3,(H,43,51)(H,44,52)(H,45,48)(H3,41,42,53)/t32-,36-/m0/s1. The number of non-ortho nitro benzene ring substituents is 1. The summed E-state index contributed by atoms with van der Waals surface area (Å²) in [6.07, 6.45) is 1.75. The highest BCUT2D eigenvalue weighted by Gasteiger charge is 2.29. The molecule has 0 saturated carbocycles. The fraction of sp³-hybridized carbons (Fsp3) is 0.475. The minimum absolute atomic E-state index is 0.0408. The van der Waals surface area contributed by atoms with Gasteiger partial charge in [-0.05, 0) is 48.6 Å². The van der Waals surface area contributed by atoms with Gasteiger partial charge in [-0.3, -0.25) is 39.0 Å². The molecule has 0 spiro atoms. The Morgan fingerprint density at radius 3 is 1.92 bits per heavy atom. The Morgan fingerprint density at radius 2 is 1.35 bits per heavy atom. The Balaban J connectivity index is 1.36. The van der Waals surface area contributed by atoms with E-state index in [0.717, 1.165) is 4.90 Å². The first-order valence-electron chi connectivity index (χ1n) is 19.7. The van der Waals surface area contributed by atoms with Gasteiger partial charge in [0.15, 0.2) is 0 Å².